The van der Waals surface area contributed by atoms with Gasteiger partial charge in [0.15, 0.2) is 6.10 Å². The number of phosphoric acid groups is 1. The van der Waals surface area contributed by atoms with Gasteiger partial charge in [0.25, 0.3) is 7.82 Å². The van der Waals surface area contributed by atoms with E-state index in [9.17, 15) is 19.0 Å². The summed E-state index contributed by atoms with van der Waals surface area (Å²) in [7, 11) is 1.16. The number of hydrogen-bond acceptors (Lipinski definition) is 8. The molecule has 0 saturated carbocycles. The molecule has 59 heavy (non-hydrogen) atoms. The van der Waals surface area contributed by atoms with Gasteiger partial charge in [-0.25, -0.2) is 0 Å². The van der Waals surface area contributed by atoms with Crippen LogP contribution in [-0.4, -0.2) is 70.0 Å². The highest BCUT2D eigenvalue weighted by Crippen LogP contribution is 2.38. The summed E-state index contributed by atoms with van der Waals surface area (Å²) >= 11 is 0. The number of nitrogens with zero attached hydrogens (tertiary/aromatic N) is 1. The number of unbranched alkanes of at least 4 members (excludes halogenated alkanes) is 24. The lowest BCUT2D eigenvalue weighted by molar-refractivity contribution is -0.870. The molecule has 0 aromatic carbocycles. The molecule has 346 valence electrons. The van der Waals surface area contributed by atoms with E-state index in [4.69, 9.17) is 18.5 Å². The highest BCUT2D eigenvalue weighted by atomic mass is 31.2. The fourth-order valence-electron chi connectivity index (χ4n) is 6.67. The van der Waals surface area contributed by atoms with E-state index in [1.54, 1.807) is 0 Å². The Morgan fingerprint density at radius 2 is 0.966 bits per heavy atom. The lowest BCUT2D eigenvalue weighted by atomic mass is 10.0. The number of carbonyl (C=O) groups excluding carboxylic acids is 2. The monoisotopic (exact) mass is 854 g/mol. The van der Waals surface area contributed by atoms with Crippen LogP contribution in [0.25, 0.3) is 0 Å². The van der Waals surface area contributed by atoms with Crippen molar-refractivity contribution < 1.29 is 42.1 Å². The molecule has 0 aliphatic heterocycles. The van der Waals surface area contributed by atoms with Crippen LogP contribution < -0.4 is 4.89 Å². The van der Waals surface area contributed by atoms with E-state index < -0.39 is 32.5 Å². The molecule has 0 N–H and O–H groups in total. The first-order valence-corrected chi connectivity index (χ1v) is 25.7. The molecule has 0 saturated heterocycles. The highest BCUT2D eigenvalue weighted by molar-refractivity contribution is 7.45. The zero-order valence-corrected chi connectivity index (χ0v) is 39.8. The molecular formula is C49H92NO8P. The van der Waals surface area contributed by atoms with Crippen molar-refractivity contribution in [1.29, 1.82) is 0 Å². The Bertz CT molecular complexity index is 1100. The molecule has 0 spiro atoms. The summed E-state index contributed by atoms with van der Waals surface area (Å²) < 4.78 is 34.0. The number of likely N-dealkylation sites (N-methyl/N-ethyl adjacent to an activating group) is 1. The molecule has 0 aliphatic rings. The molecular weight excluding hydrogens is 762 g/mol. The van der Waals surface area contributed by atoms with Crippen LogP contribution in [0.3, 0.4) is 0 Å². The topological polar surface area (TPSA) is 111 Å². The average Bonchev–Trinajstić information content (AvgIpc) is 3.19. The molecule has 0 amide bonds. The van der Waals surface area contributed by atoms with Gasteiger partial charge in [-0.3, -0.25) is 14.2 Å². The van der Waals surface area contributed by atoms with Crippen molar-refractivity contribution in [2.45, 2.75) is 219 Å². The zero-order valence-electron chi connectivity index (χ0n) is 39.0. The Morgan fingerprint density at radius 1 is 0.542 bits per heavy atom. The van der Waals surface area contributed by atoms with Crippen molar-refractivity contribution in [2.24, 2.45) is 0 Å². The lowest BCUT2D eigenvalue weighted by Crippen LogP contribution is -2.37. The Hall–Kier alpha value is -1.77. The van der Waals surface area contributed by atoms with E-state index in [2.05, 4.69) is 50.3 Å². The van der Waals surface area contributed by atoms with Gasteiger partial charge in [0.2, 0.25) is 0 Å². The molecule has 1 unspecified atom stereocenters. The SMILES string of the molecule is CC/C=C/C/C=C/C/C=C/CCCCCCCC(=O)OC[C@H](COP(=O)([O-])OCC[N+](C)(C)C)OC(=O)CCCCCCCCCCCCCCCCCCCCCC. The molecule has 0 radical (unpaired) electrons. The van der Waals surface area contributed by atoms with E-state index in [1.807, 2.05) is 21.1 Å². The van der Waals surface area contributed by atoms with Crippen LogP contribution in [0, 0.1) is 0 Å². The Balaban J connectivity index is 4.27. The van der Waals surface area contributed by atoms with Crippen LogP contribution in [0.4, 0.5) is 0 Å². The largest absolute Gasteiger partial charge is 0.756 e. The predicted octanol–water partition coefficient (Wildman–Crippen LogP) is 13.5. The Kier molecular flexibility index (Phi) is 40.3. The maximum atomic E-state index is 12.7. The first-order chi connectivity index (χ1) is 28.5. The number of esters is 2. The number of hydrogen-bond donors (Lipinski definition) is 0. The summed E-state index contributed by atoms with van der Waals surface area (Å²) in [5.41, 5.74) is 0. The summed E-state index contributed by atoms with van der Waals surface area (Å²) in [5.74, 6) is -0.847. The third-order valence-corrected chi connectivity index (χ3v) is 11.4. The number of carbonyl (C=O) groups is 2. The van der Waals surface area contributed by atoms with E-state index in [1.165, 1.54) is 109 Å². The summed E-state index contributed by atoms with van der Waals surface area (Å²) in [6.07, 6.45) is 47.4. The van der Waals surface area contributed by atoms with Gasteiger partial charge in [0.1, 0.15) is 19.8 Å². The standard InChI is InChI=1S/C49H92NO8P/c1-6-8-10-12-14-16-18-20-22-23-24-25-26-28-30-32-34-36-38-40-42-49(52)58-47(46-57-59(53,54)56-44-43-50(3,4)5)45-55-48(51)41-39-37-35-33-31-29-27-21-19-17-15-13-11-9-7-2/h9,11,15,17,21,27,47H,6-8,10,12-14,16,18-20,22-26,28-46H2,1-5H3/b11-9+,17-15+,27-21+/t47-/m1/s1. The van der Waals surface area contributed by atoms with Crippen molar-refractivity contribution in [2.75, 3.05) is 47.5 Å². The smallest absolute Gasteiger partial charge is 0.306 e. The summed E-state index contributed by atoms with van der Waals surface area (Å²) in [5, 5.41) is 0. The van der Waals surface area contributed by atoms with Crippen LogP contribution in [-0.2, 0) is 32.7 Å². The molecule has 0 heterocycles. The van der Waals surface area contributed by atoms with Gasteiger partial charge < -0.3 is 27.9 Å². The second-order valence-electron chi connectivity index (χ2n) is 17.5. The number of phosphoric ester groups is 1. The van der Waals surface area contributed by atoms with Crippen molar-refractivity contribution >= 4 is 19.8 Å². The Morgan fingerprint density at radius 3 is 1.44 bits per heavy atom. The van der Waals surface area contributed by atoms with Gasteiger partial charge in [-0.05, 0) is 44.9 Å². The van der Waals surface area contributed by atoms with Gasteiger partial charge in [-0.15, -0.1) is 0 Å². The molecule has 0 aromatic rings. The van der Waals surface area contributed by atoms with Crippen LogP contribution >= 0.6 is 7.82 Å². The van der Waals surface area contributed by atoms with Crippen molar-refractivity contribution in [3.05, 3.63) is 36.5 Å². The number of rotatable bonds is 44. The number of quaternary nitrogens is 1. The van der Waals surface area contributed by atoms with E-state index in [-0.39, 0.29) is 26.1 Å². The van der Waals surface area contributed by atoms with E-state index in [0.717, 1.165) is 64.2 Å². The second kappa shape index (κ2) is 41.6. The molecule has 0 bridgehead atoms. The molecule has 2 atom stereocenters. The van der Waals surface area contributed by atoms with Gasteiger partial charge in [0.05, 0.1) is 27.7 Å². The maximum Gasteiger partial charge on any atom is 0.306 e. The molecule has 0 rings (SSSR count). The van der Waals surface area contributed by atoms with Gasteiger partial charge in [-0.2, -0.15) is 0 Å². The number of ether oxygens (including phenoxy) is 2. The van der Waals surface area contributed by atoms with Crippen LogP contribution in [0.15, 0.2) is 36.5 Å². The van der Waals surface area contributed by atoms with E-state index >= 15 is 0 Å². The van der Waals surface area contributed by atoms with Crippen LogP contribution in [0.2, 0.25) is 0 Å². The van der Waals surface area contributed by atoms with Gasteiger partial charge in [0, 0.05) is 12.8 Å². The van der Waals surface area contributed by atoms with Crippen molar-refractivity contribution in [1.82, 2.24) is 0 Å². The van der Waals surface area contributed by atoms with Crippen LogP contribution in [0.1, 0.15) is 213 Å². The fourth-order valence-corrected chi connectivity index (χ4v) is 7.40. The normalized spacial score (nSPS) is 13.8. The van der Waals surface area contributed by atoms with E-state index in [0.29, 0.717) is 23.9 Å². The van der Waals surface area contributed by atoms with Gasteiger partial charge >= 0.3 is 11.9 Å². The first-order valence-electron chi connectivity index (χ1n) is 24.2. The minimum Gasteiger partial charge on any atom is -0.756 e. The highest BCUT2D eigenvalue weighted by Gasteiger charge is 2.21. The molecule has 0 aromatic heterocycles. The fraction of sp³-hybridized carbons (Fsp3) is 0.837. The summed E-state index contributed by atoms with van der Waals surface area (Å²) in [6, 6.07) is 0. The van der Waals surface area contributed by atoms with Crippen LogP contribution in [0.5, 0.6) is 0 Å². The average molecular weight is 854 g/mol. The van der Waals surface area contributed by atoms with Gasteiger partial charge in [-0.1, -0.05) is 192 Å². The minimum absolute atomic E-state index is 0.0329. The third-order valence-electron chi connectivity index (χ3n) is 10.4. The number of allylic oxidation sites excluding steroid dienone is 6. The first kappa shape index (κ1) is 57.2. The lowest BCUT2D eigenvalue weighted by Gasteiger charge is -2.28. The zero-order chi connectivity index (χ0) is 43.6. The van der Waals surface area contributed by atoms with Crippen molar-refractivity contribution in [3.63, 3.8) is 0 Å². The minimum atomic E-state index is -4.63. The van der Waals surface area contributed by atoms with Crippen molar-refractivity contribution in [3.8, 4) is 0 Å². The molecule has 9 nitrogen and oxygen atoms in total. The predicted molar refractivity (Wildman–Crippen MR) is 245 cm³/mol. The third kappa shape index (κ3) is 45.6. The maximum absolute atomic E-state index is 12.7. The molecule has 0 fully saturated rings. The Labute approximate surface area is 363 Å². The summed E-state index contributed by atoms with van der Waals surface area (Å²) in [4.78, 5) is 37.6. The summed E-state index contributed by atoms with van der Waals surface area (Å²) in [6.45, 7) is 4.12. The quantitative estimate of drug-likeness (QED) is 0.0196. The molecule has 10 heteroatoms. The second-order valence-corrected chi connectivity index (χ2v) is 18.9. The molecule has 0 aliphatic carbocycles.